The maximum Gasteiger partial charge on any atom is 0.257 e. The normalized spacial score (nSPS) is 12.7. The summed E-state index contributed by atoms with van der Waals surface area (Å²) in [5.41, 5.74) is 3.43. The molecule has 0 fully saturated rings. The van der Waals surface area contributed by atoms with Crippen molar-refractivity contribution in [3.63, 3.8) is 0 Å². The van der Waals surface area contributed by atoms with E-state index in [0.717, 1.165) is 28.0 Å². The highest BCUT2D eigenvalue weighted by atomic mass is 32.1. The van der Waals surface area contributed by atoms with Crippen molar-refractivity contribution in [1.82, 2.24) is 10.3 Å². The van der Waals surface area contributed by atoms with Crippen molar-refractivity contribution in [3.05, 3.63) is 77.3 Å². The fraction of sp³-hybridized carbons (Fsp3) is 0.125. The average molecular weight is 444 g/mol. The number of rotatable bonds is 4. The number of hydrogen-bond donors (Lipinski definition) is 3. The molecule has 2 aromatic carbocycles. The molecule has 8 heteroatoms. The minimum atomic E-state index is -0.263. The largest absolute Gasteiger partial charge is 0.382 e. The zero-order valence-electron chi connectivity index (χ0n) is 17.4. The summed E-state index contributed by atoms with van der Waals surface area (Å²) in [5, 5.41) is 11.8. The molecule has 1 aliphatic rings. The van der Waals surface area contributed by atoms with Crippen LogP contribution in [0.25, 0.3) is 10.1 Å². The standard InChI is InChI=1S/C24H21N5O2S/c1-25-23(30)15-12-19(28-24(31)17-14-32-21-9-5-2-6-16(17)21)22(27-13-15)29-11-10-26-18-7-3-4-8-20(18)29/h2-9,12-14,26H,10-11H2,1H3,(H,25,30)(H,28,31). The SMILES string of the molecule is CNC(=O)c1cnc(N2CCNc3ccccc32)c(NC(=O)c2csc3ccccc23)c1. The van der Waals surface area contributed by atoms with Gasteiger partial charge in [0.05, 0.1) is 28.2 Å². The summed E-state index contributed by atoms with van der Waals surface area (Å²) in [5.74, 6) is 0.101. The van der Waals surface area contributed by atoms with E-state index in [1.54, 1.807) is 13.1 Å². The molecule has 1 aliphatic heterocycles. The van der Waals surface area contributed by atoms with E-state index in [1.807, 2.05) is 53.9 Å². The highest BCUT2D eigenvalue weighted by Crippen LogP contribution is 2.37. The number of hydrogen-bond acceptors (Lipinski definition) is 6. The van der Waals surface area contributed by atoms with E-state index in [-0.39, 0.29) is 11.8 Å². The molecule has 0 aliphatic carbocycles. The van der Waals surface area contributed by atoms with E-state index in [0.29, 0.717) is 29.2 Å². The van der Waals surface area contributed by atoms with Gasteiger partial charge in [0.2, 0.25) is 0 Å². The third-order valence-corrected chi connectivity index (χ3v) is 6.39. The molecule has 160 valence electrons. The summed E-state index contributed by atoms with van der Waals surface area (Å²) < 4.78 is 1.05. The van der Waals surface area contributed by atoms with Crippen LogP contribution < -0.4 is 20.9 Å². The van der Waals surface area contributed by atoms with Crippen LogP contribution in [0.5, 0.6) is 0 Å². The minimum absolute atomic E-state index is 0.233. The van der Waals surface area contributed by atoms with Gasteiger partial charge in [0, 0.05) is 41.8 Å². The zero-order chi connectivity index (χ0) is 22.1. The van der Waals surface area contributed by atoms with Gasteiger partial charge in [-0.1, -0.05) is 30.3 Å². The second-order valence-corrected chi connectivity index (χ2v) is 8.28. The van der Waals surface area contributed by atoms with Gasteiger partial charge in [-0.2, -0.15) is 0 Å². The Labute approximate surface area is 189 Å². The van der Waals surface area contributed by atoms with Crippen LogP contribution in [0.1, 0.15) is 20.7 Å². The van der Waals surface area contributed by atoms with E-state index < -0.39 is 0 Å². The summed E-state index contributed by atoms with van der Waals surface area (Å²) >= 11 is 1.53. The van der Waals surface area contributed by atoms with Crippen molar-refractivity contribution in [3.8, 4) is 0 Å². The Kier molecular flexibility index (Phi) is 5.20. The Morgan fingerprint density at radius 1 is 1.09 bits per heavy atom. The molecule has 0 saturated carbocycles. The molecule has 2 amide bonds. The maximum atomic E-state index is 13.3. The molecule has 32 heavy (non-hydrogen) atoms. The molecule has 3 N–H and O–H groups in total. The van der Waals surface area contributed by atoms with Gasteiger partial charge in [0.1, 0.15) is 0 Å². The lowest BCUT2D eigenvalue weighted by Crippen LogP contribution is -2.32. The number of amides is 2. The fourth-order valence-electron chi connectivity index (χ4n) is 3.88. The molecule has 4 aromatic rings. The average Bonchev–Trinajstić information content (AvgIpc) is 3.27. The molecule has 0 atom stereocenters. The lowest BCUT2D eigenvalue weighted by Gasteiger charge is -2.32. The third kappa shape index (κ3) is 3.54. The van der Waals surface area contributed by atoms with Crippen molar-refractivity contribution >= 4 is 56.1 Å². The van der Waals surface area contributed by atoms with Crippen LogP contribution in [-0.4, -0.2) is 36.9 Å². The van der Waals surface area contributed by atoms with Gasteiger partial charge in [-0.25, -0.2) is 4.98 Å². The van der Waals surface area contributed by atoms with Gasteiger partial charge in [-0.3, -0.25) is 9.59 Å². The number of nitrogens with zero attached hydrogens (tertiary/aromatic N) is 2. The first-order valence-corrected chi connectivity index (χ1v) is 11.1. The van der Waals surface area contributed by atoms with Crippen LogP contribution in [0.15, 0.2) is 66.2 Å². The first kappa shape index (κ1) is 20.0. The van der Waals surface area contributed by atoms with E-state index in [9.17, 15) is 9.59 Å². The van der Waals surface area contributed by atoms with E-state index in [4.69, 9.17) is 0 Å². The summed E-state index contributed by atoms with van der Waals surface area (Å²) in [7, 11) is 1.57. The quantitative estimate of drug-likeness (QED) is 0.433. The van der Waals surface area contributed by atoms with Crippen LogP contribution in [0.3, 0.4) is 0 Å². The van der Waals surface area contributed by atoms with Crippen molar-refractivity contribution < 1.29 is 9.59 Å². The predicted molar refractivity (Wildman–Crippen MR) is 129 cm³/mol. The lowest BCUT2D eigenvalue weighted by atomic mass is 10.1. The number of pyridine rings is 1. The van der Waals surface area contributed by atoms with Crippen molar-refractivity contribution in [2.24, 2.45) is 0 Å². The summed E-state index contributed by atoms with van der Waals surface area (Å²) in [6.45, 7) is 1.41. The van der Waals surface area contributed by atoms with E-state index >= 15 is 0 Å². The van der Waals surface area contributed by atoms with Crippen molar-refractivity contribution in [2.45, 2.75) is 0 Å². The molecule has 7 nitrogen and oxygen atoms in total. The number of nitrogens with one attached hydrogen (secondary N) is 3. The topological polar surface area (TPSA) is 86.4 Å². The van der Waals surface area contributed by atoms with E-state index in [2.05, 4.69) is 25.8 Å². The Hall–Kier alpha value is -3.91. The number of carbonyl (C=O) groups excluding carboxylic acids is 2. The highest BCUT2D eigenvalue weighted by molar-refractivity contribution is 7.17. The zero-order valence-corrected chi connectivity index (χ0v) is 18.2. The van der Waals surface area contributed by atoms with Crippen LogP contribution in [0.2, 0.25) is 0 Å². The third-order valence-electron chi connectivity index (χ3n) is 5.43. The van der Waals surface area contributed by atoms with Gasteiger partial charge < -0.3 is 20.9 Å². The molecule has 0 radical (unpaired) electrons. The maximum absolute atomic E-state index is 13.3. The van der Waals surface area contributed by atoms with E-state index in [1.165, 1.54) is 17.5 Å². The summed E-state index contributed by atoms with van der Waals surface area (Å²) in [4.78, 5) is 32.2. The second kappa shape index (κ2) is 8.32. The Bertz CT molecular complexity index is 1330. The first-order valence-electron chi connectivity index (χ1n) is 10.3. The van der Waals surface area contributed by atoms with Crippen LogP contribution >= 0.6 is 11.3 Å². The molecule has 2 aromatic heterocycles. The second-order valence-electron chi connectivity index (χ2n) is 7.37. The van der Waals surface area contributed by atoms with Gasteiger partial charge in [0.25, 0.3) is 11.8 Å². The number of para-hydroxylation sites is 2. The Balaban J connectivity index is 1.57. The predicted octanol–water partition coefficient (Wildman–Crippen LogP) is 4.47. The number of fused-ring (bicyclic) bond motifs is 2. The molecule has 0 saturated heterocycles. The van der Waals surface area contributed by atoms with Crippen LogP contribution in [-0.2, 0) is 0 Å². The van der Waals surface area contributed by atoms with Gasteiger partial charge in [-0.05, 0) is 24.3 Å². The highest BCUT2D eigenvalue weighted by Gasteiger charge is 2.24. The molecular weight excluding hydrogens is 422 g/mol. The Morgan fingerprint density at radius 2 is 1.91 bits per heavy atom. The number of aromatic nitrogens is 1. The van der Waals surface area contributed by atoms with Crippen LogP contribution in [0.4, 0.5) is 22.9 Å². The number of anilines is 4. The molecule has 3 heterocycles. The van der Waals surface area contributed by atoms with Gasteiger partial charge in [-0.15, -0.1) is 11.3 Å². The monoisotopic (exact) mass is 443 g/mol. The number of thiophene rings is 1. The molecule has 0 spiro atoms. The number of benzene rings is 2. The minimum Gasteiger partial charge on any atom is -0.382 e. The van der Waals surface area contributed by atoms with Gasteiger partial charge >= 0.3 is 0 Å². The molecular formula is C24H21N5O2S. The smallest absolute Gasteiger partial charge is 0.257 e. The van der Waals surface area contributed by atoms with Crippen molar-refractivity contribution in [1.29, 1.82) is 0 Å². The number of carbonyl (C=O) groups is 2. The first-order chi connectivity index (χ1) is 15.7. The van der Waals surface area contributed by atoms with Crippen LogP contribution in [0, 0.1) is 0 Å². The van der Waals surface area contributed by atoms with Gasteiger partial charge in [0.15, 0.2) is 5.82 Å². The van der Waals surface area contributed by atoms with Crippen molar-refractivity contribution in [2.75, 3.05) is 35.7 Å². The fourth-order valence-corrected chi connectivity index (χ4v) is 4.82. The lowest BCUT2D eigenvalue weighted by molar-refractivity contribution is 0.0961. The molecule has 0 unspecified atom stereocenters. The molecule has 0 bridgehead atoms. The summed E-state index contributed by atoms with van der Waals surface area (Å²) in [6, 6.07) is 17.4. The Morgan fingerprint density at radius 3 is 2.78 bits per heavy atom. The summed E-state index contributed by atoms with van der Waals surface area (Å²) in [6.07, 6.45) is 1.54. The molecule has 5 rings (SSSR count).